The van der Waals surface area contributed by atoms with E-state index in [1.165, 1.54) is 19.3 Å². The Morgan fingerprint density at radius 3 is 2.53 bits per heavy atom. The molecule has 0 aromatic heterocycles. The lowest BCUT2D eigenvalue weighted by Gasteiger charge is -2.35. The van der Waals surface area contributed by atoms with Gasteiger partial charge < -0.3 is 25.0 Å². The second-order valence-corrected chi connectivity index (χ2v) is 8.52. The summed E-state index contributed by atoms with van der Waals surface area (Å²) in [7, 11) is 0. The monoisotopic (exact) mass is 536 g/mol. The predicted molar refractivity (Wildman–Crippen MR) is 130 cm³/mol. The van der Waals surface area contributed by atoms with Gasteiger partial charge in [-0.2, -0.15) is 0 Å². The predicted octanol–water partition coefficient (Wildman–Crippen LogP) is 2.93. The van der Waals surface area contributed by atoms with Gasteiger partial charge in [0.05, 0.1) is 18.8 Å². The molecule has 30 heavy (non-hydrogen) atoms. The number of carbonyl (C=O) groups is 1. The van der Waals surface area contributed by atoms with Crippen LogP contribution in [0.5, 0.6) is 0 Å². The number of nitrogens with zero attached hydrogens (tertiary/aromatic N) is 2. The van der Waals surface area contributed by atoms with Crippen molar-refractivity contribution in [2.75, 3.05) is 45.9 Å². The highest BCUT2D eigenvalue weighted by atomic mass is 127. The third-order valence-electron chi connectivity index (χ3n) is 6.24. The van der Waals surface area contributed by atoms with Crippen molar-refractivity contribution in [3.63, 3.8) is 0 Å². The molecule has 3 aliphatic rings. The van der Waals surface area contributed by atoms with Crippen molar-refractivity contribution in [3.8, 4) is 0 Å². The van der Waals surface area contributed by atoms with E-state index in [9.17, 15) is 4.79 Å². The molecule has 0 aromatic carbocycles. The van der Waals surface area contributed by atoms with Crippen LogP contribution in [0.15, 0.2) is 4.99 Å². The van der Waals surface area contributed by atoms with E-state index in [4.69, 9.17) is 14.5 Å². The van der Waals surface area contributed by atoms with Crippen molar-refractivity contribution in [1.82, 2.24) is 15.5 Å². The van der Waals surface area contributed by atoms with E-state index in [1.54, 1.807) is 0 Å². The van der Waals surface area contributed by atoms with Crippen LogP contribution in [0.4, 0.5) is 0 Å². The second-order valence-electron chi connectivity index (χ2n) is 8.52. The molecule has 2 saturated heterocycles. The molecule has 2 N–H and O–H groups in total. The summed E-state index contributed by atoms with van der Waals surface area (Å²) < 4.78 is 11.9. The zero-order valence-corrected chi connectivity index (χ0v) is 20.9. The number of nitrogens with one attached hydrogen (secondary N) is 2. The first-order chi connectivity index (χ1) is 14.3. The fourth-order valence-electron chi connectivity index (χ4n) is 4.13. The van der Waals surface area contributed by atoms with Crippen LogP contribution in [0.1, 0.15) is 64.7 Å². The summed E-state index contributed by atoms with van der Waals surface area (Å²) in [5.41, 5.74) is 0. The molecule has 0 radical (unpaired) electrons. The number of hydrogen-bond acceptors (Lipinski definition) is 4. The van der Waals surface area contributed by atoms with Crippen molar-refractivity contribution >= 4 is 35.8 Å². The van der Waals surface area contributed by atoms with Crippen molar-refractivity contribution in [2.45, 2.75) is 76.9 Å². The van der Waals surface area contributed by atoms with Gasteiger partial charge in [0.25, 0.3) is 0 Å². The standard InChI is InChI=1S/C22H40N4O3.HI/c1-2-23-22(25-13-6-12-24-21(27)18-7-5-8-18)26-14-10-19(11-15-26)29-17-20-9-3-4-16-28-20;/h18-20H,2-17H2,1H3,(H,23,25)(H,24,27);1H. The minimum Gasteiger partial charge on any atom is -0.376 e. The Bertz CT molecular complexity index is 517. The molecule has 3 rings (SSSR count). The highest BCUT2D eigenvalue weighted by molar-refractivity contribution is 14.0. The van der Waals surface area contributed by atoms with Crippen molar-refractivity contribution < 1.29 is 14.3 Å². The lowest BCUT2D eigenvalue weighted by atomic mass is 9.85. The number of likely N-dealkylation sites (tertiary alicyclic amines) is 1. The van der Waals surface area contributed by atoms with Crippen LogP contribution in [0, 0.1) is 5.92 Å². The smallest absolute Gasteiger partial charge is 0.223 e. The highest BCUT2D eigenvalue weighted by Gasteiger charge is 2.25. The van der Waals surface area contributed by atoms with Gasteiger partial charge in [-0.1, -0.05) is 6.42 Å². The lowest BCUT2D eigenvalue weighted by Crippen LogP contribution is -2.47. The zero-order chi connectivity index (χ0) is 20.3. The van der Waals surface area contributed by atoms with Gasteiger partial charge in [0.2, 0.25) is 5.91 Å². The Morgan fingerprint density at radius 2 is 1.90 bits per heavy atom. The lowest BCUT2D eigenvalue weighted by molar-refractivity contribution is -0.127. The Labute approximate surface area is 199 Å². The molecule has 1 aliphatic carbocycles. The minimum absolute atomic E-state index is 0. The van der Waals surface area contributed by atoms with Crippen LogP contribution in [-0.4, -0.2) is 74.9 Å². The minimum atomic E-state index is 0. The summed E-state index contributed by atoms with van der Waals surface area (Å²) in [5.74, 6) is 1.49. The van der Waals surface area contributed by atoms with Gasteiger partial charge in [-0.25, -0.2) is 0 Å². The summed E-state index contributed by atoms with van der Waals surface area (Å²) >= 11 is 0. The van der Waals surface area contributed by atoms with Gasteiger partial charge in [-0.05, 0) is 58.3 Å². The number of aliphatic imine (C=N–C) groups is 1. The first-order valence-electron chi connectivity index (χ1n) is 11.8. The summed E-state index contributed by atoms with van der Waals surface area (Å²) in [4.78, 5) is 19.0. The third-order valence-corrected chi connectivity index (χ3v) is 6.24. The molecule has 1 saturated carbocycles. The molecule has 0 bridgehead atoms. The van der Waals surface area contributed by atoms with E-state index < -0.39 is 0 Å². The number of rotatable bonds is 9. The summed E-state index contributed by atoms with van der Waals surface area (Å²) in [5, 5.41) is 6.46. The fourth-order valence-corrected chi connectivity index (χ4v) is 4.13. The maximum atomic E-state index is 11.9. The van der Waals surface area contributed by atoms with Crippen LogP contribution >= 0.6 is 24.0 Å². The zero-order valence-electron chi connectivity index (χ0n) is 18.6. The number of carbonyl (C=O) groups excluding carboxylic acids is 1. The Balaban J connectivity index is 0.00000320. The van der Waals surface area contributed by atoms with Crippen LogP contribution in [-0.2, 0) is 14.3 Å². The normalized spacial score (nSPS) is 23.4. The molecule has 8 heteroatoms. The summed E-state index contributed by atoms with van der Waals surface area (Å²) in [6.45, 7) is 8.01. The number of piperidine rings is 1. The van der Waals surface area contributed by atoms with Gasteiger partial charge in [-0.15, -0.1) is 24.0 Å². The Morgan fingerprint density at radius 1 is 1.10 bits per heavy atom. The van der Waals surface area contributed by atoms with Gasteiger partial charge >= 0.3 is 0 Å². The largest absolute Gasteiger partial charge is 0.376 e. The second kappa shape index (κ2) is 14.5. The van der Waals surface area contributed by atoms with Crippen LogP contribution in [0.25, 0.3) is 0 Å². The summed E-state index contributed by atoms with van der Waals surface area (Å²) in [6.07, 6.45) is 10.5. The van der Waals surface area contributed by atoms with E-state index in [0.29, 0.717) is 12.2 Å². The van der Waals surface area contributed by atoms with E-state index in [2.05, 4.69) is 22.5 Å². The first-order valence-corrected chi connectivity index (χ1v) is 11.8. The van der Waals surface area contributed by atoms with Gasteiger partial charge in [0.1, 0.15) is 0 Å². The van der Waals surface area contributed by atoms with Crippen LogP contribution in [0.3, 0.4) is 0 Å². The molecule has 7 nitrogen and oxygen atoms in total. The van der Waals surface area contributed by atoms with E-state index in [0.717, 1.165) is 90.4 Å². The van der Waals surface area contributed by atoms with Crippen LogP contribution in [0.2, 0.25) is 0 Å². The number of guanidine groups is 1. The average Bonchev–Trinajstić information content (AvgIpc) is 2.71. The molecule has 174 valence electrons. The third kappa shape index (κ3) is 8.49. The van der Waals surface area contributed by atoms with Crippen LogP contribution < -0.4 is 10.6 Å². The number of hydrogen-bond donors (Lipinski definition) is 2. The molecule has 2 heterocycles. The molecule has 1 atom stereocenters. The summed E-state index contributed by atoms with van der Waals surface area (Å²) in [6, 6.07) is 0. The first kappa shape index (κ1) is 25.6. The Kier molecular flexibility index (Phi) is 12.4. The molecular formula is C22H41IN4O3. The van der Waals surface area contributed by atoms with Gasteiger partial charge in [-0.3, -0.25) is 9.79 Å². The fraction of sp³-hybridized carbons (Fsp3) is 0.909. The average molecular weight is 536 g/mol. The number of halogens is 1. The maximum Gasteiger partial charge on any atom is 0.223 e. The molecule has 1 unspecified atom stereocenters. The molecule has 0 aromatic rings. The topological polar surface area (TPSA) is 75.2 Å². The molecule has 3 fully saturated rings. The van der Waals surface area contributed by atoms with Crippen molar-refractivity contribution in [1.29, 1.82) is 0 Å². The molecular weight excluding hydrogens is 495 g/mol. The van der Waals surface area contributed by atoms with Gasteiger partial charge in [0, 0.05) is 45.2 Å². The van der Waals surface area contributed by atoms with Crippen molar-refractivity contribution in [2.24, 2.45) is 10.9 Å². The molecule has 0 spiro atoms. The quantitative estimate of drug-likeness (QED) is 0.205. The number of amides is 1. The molecule has 2 aliphatic heterocycles. The SMILES string of the molecule is CCNC(=NCCCNC(=O)C1CCC1)N1CCC(OCC2CCCCO2)CC1.I. The molecule has 1 amide bonds. The maximum absolute atomic E-state index is 11.9. The number of ether oxygens (including phenoxy) is 2. The van der Waals surface area contributed by atoms with Gasteiger partial charge in [0.15, 0.2) is 5.96 Å². The Hall–Kier alpha value is -0.610. The van der Waals surface area contributed by atoms with Crippen molar-refractivity contribution in [3.05, 3.63) is 0 Å². The van der Waals surface area contributed by atoms with E-state index in [-0.39, 0.29) is 35.8 Å². The highest BCUT2D eigenvalue weighted by Crippen LogP contribution is 2.26. The van der Waals surface area contributed by atoms with E-state index in [1.807, 2.05) is 0 Å². The van der Waals surface area contributed by atoms with E-state index >= 15 is 0 Å².